The molecule has 3 unspecified atom stereocenters. The Morgan fingerprint density at radius 3 is 1.12 bits per heavy atom. The minimum absolute atomic E-state index is 0.00926. The summed E-state index contributed by atoms with van der Waals surface area (Å²) in [7, 11) is 14.5. The molecule has 10 heteroatoms. The lowest BCUT2D eigenvalue weighted by atomic mass is 10.1. The number of nitrogens with zero attached hydrogens (tertiary/aromatic N) is 2. The van der Waals surface area contributed by atoms with Gasteiger partial charge in [-0.3, -0.25) is 19.2 Å². The van der Waals surface area contributed by atoms with Crippen LogP contribution in [0.5, 0.6) is 0 Å². The zero-order chi connectivity index (χ0) is 27.4. The molecular formula is C22H52N4O4P2. The fourth-order valence-electron chi connectivity index (χ4n) is 1.22. The SMILES string of the molecule is C/C=C(\NC)C(C)=O.CC.CC.CCC(NC)C(C)=O.CN(C)C(=O)P.CN(C)C(=O)P. The van der Waals surface area contributed by atoms with Crippen LogP contribution < -0.4 is 10.6 Å². The van der Waals surface area contributed by atoms with Crippen molar-refractivity contribution in [3.05, 3.63) is 11.8 Å². The molecule has 0 bridgehead atoms. The molecule has 194 valence electrons. The lowest BCUT2D eigenvalue weighted by molar-refractivity contribution is -0.119. The number of hydrogen-bond acceptors (Lipinski definition) is 6. The summed E-state index contributed by atoms with van der Waals surface area (Å²) < 4.78 is 0. The molecule has 0 aliphatic carbocycles. The van der Waals surface area contributed by atoms with Crippen LogP contribution in [-0.2, 0) is 9.59 Å². The molecule has 0 radical (unpaired) electrons. The minimum Gasteiger partial charge on any atom is -0.386 e. The summed E-state index contributed by atoms with van der Waals surface area (Å²) in [5.74, 6) is 0.296. The van der Waals surface area contributed by atoms with E-state index in [4.69, 9.17) is 0 Å². The number of allylic oxidation sites excluding steroid dienone is 2. The van der Waals surface area contributed by atoms with E-state index in [0.717, 1.165) is 6.42 Å². The molecule has 0 aromatic heterocycles. The number of nitrogens with one attached hydrogen (secondary N) is 2. The summed E-state index contributed by atoms with van der Waals surface area (Å²) in [5.41, 5.74) is 0.690. The summed E-state index contributed by atoms with van der Waals surface area (Å²) in [4.78, 5) is 44.1. The monoisotopic (exact) mass is 498 g/mol. The highest BCUT2D eigenvalue weighted by Crippen LogP contribution is 1.90. The lowest BCUT2D eigenvalue weighted by Gasteiger charge is -2.07. The maximum atomic E-state index is 10.5. The van der Waals surface area contributed by atoms with Crippen LogP contribution in [0.3, 0.4) is 0 Å². The van der Waals surface area contributed by atoms with Crippen LogP contribution in [0, 0.1) is 0 Å². The zero-order valence-corrected chi connectivity index (χ0v) is 25.4. The van der Waals surface area contributed by atoms with Gasteiger partial charge < -0.3 is 20.4 Å². The number of amides is 2. The number of rotatable bonds is 5. The number of likely N-dealkylation sites (N-methyl/N-ethyl adjacent to an activating group) is 2. The summed E-state index contributed by atoms with van der Waals surface area (Å²) in [5, 5.41) is 5.66. The third-order valence-electron chi connectivity index (χ3n) is 3.07. The van der Waals surface area contributed by atoms with E-state index in [1.165, 1.54) is 16.7 Å². The number of Topliss-reactive ketones (excluding diaryl/α,β-unsaturated/α-hetero) is 2. The molecule has 8 nitrogen and oxygen atoms in total. The van der Waals surface area contributed by atoms with Gasteiger partial charge in [0.05, 0.1) is 11.7 Å². The molecule has 0 aromatic carbocycles. The van der Waals surface area contributed by atoms with Crippen molar-refractivity contribution < 1.29 is 19.2 Å². The van der Waals surface area contributed by atoms with Gasteiger partial charge in [-0.25, -0.2) is 0 Å². The number of ketones is 2. The molecule has 2 N–H and O–H groups in total. The molecule has 0 aromatic rings. The van der Waals surface area contributed by atoms with E-state index >= 15 is 0 Å². The van der Waals surface area contributed by atoms with Gasteiger partial charge in [0.15, 0.2) is 5.78 Å². The van der Waals surface area contributed by atoms with E-state index < -0.39 is 0 Å². The Morgan fingerprint density at radius 1 is 0.844 bits per heavy atom. The predicted octanol–water partition coefficient (Wildman–Crippen LogP) is 4.41. The molecule has 0 spiro atoms. The van der Waals surface area contributed by atoms with Crippen molar-refractivity contribution >= 4 is 41.3 Å². The molecule has 0 rings (SSSR count). The predicted molar refractivity (Wildman–Crippen MR) is 148 cm³/mol. The van der Waals surface area contributed by atoms with Crippen molar-refractivity contribution in [3.8, 4) is 0 Å². The molecule has 2 amide bonds. The van der Waals surface area contributed by atoms with Crippen molar-refractivity contribution in [2.45, 2.75) is 67.9 Å². The Hall–Kier alpha value is -1.36. The van der Waals surface area contributed by atoms with E-state index in [1.54, 1.807) is 55.3 Å². The van der Waals surface area contributed by atoms with Gasteiger partial charge in [-0.2, -0.15) is 0 Å². The summed E-state index contributed by atoms with van der Waals surface area (Å²) in [6.07, 6.45) is 2.63. The summed E-state index contributed by atoms with van der Waals surface area (Å²) in [6.45, 7) is 15.0. The molecule has 0 aliphatic rings. The standard InChI is InChI=1S/C6H13NO.C6H11NO.2C3H8NOP.2C2H6/c2*1-4-6(7-3)5(2)8;2*1-4(2)3(5)6;2*1-2/h6-7H,4H2,1-3H3;4,7H,1-3H3;2*6H2,1-2H3;2*1-2H3/b;6-4-;;;;. The fourth-order valence-corrected chi connectivity index (χ4v) is 1.22. The van der Waals surface area contributed by atoms with Crippen molar-refractivity contribution in [2.75, 3.05) is 42.3 Å². The smallest absolute Gasteiger partial charge is 0.236 e. The quantitative estimate of drug-likeness (QED) is 0.430. The van der Waals surface area contributed by atoms with Crippen LogP contribution in [0.15, 0.2) is 11.8 Å². The molecule has 0 fully saturated rings. The molecule has 0 aliphatic heterocycles. The van der Waals surface area contributed by atoms with Gasteiger partial charge in [0, 0.05) is 42.2 Å². The van der Waals surface area contributed by atoms with E-state index in [9.17, 15) is 19.2 Å². The van der Waals surface area contributed by atoms with E-state index in [-0.39, 0.29) is 28.9 Å². The molecular weight excluding hydrogens is 446 g/mol. The highest BCUT2D eigenvalue weighted by Gasteiger charge is 2.05. The van der Waals surface area contributed by atoms with Gasteiger partial charge >= 0.3 is 0 Å². The van der Waals surface area contributed by atoms with E-state index in [1.807, 2.05) is 41.5 Å². The Kier molecular flexibility index (Phi) is 47.5. The number of carbonyl (C=O) groups is 4. The third-order valence-corrected chi connectivity index (χ3v) is 4.10. The zero-order valence-electron chi connectivity index (χ0n) is 23.0. The van der Waals surface area contributed by atoms with Gasteiger partial charge in [-0.15, -0.1) is 0 Å². The Bertz CT molecular complexity index is 476. The first-order chi connectivity index (χ1) is 14.7. The van der Waals surface area contributed by atoms with Gasteiger partial charge in [-0.05, 0) is 45.8 Å². The molecule has 0 saturated heterocycles. The van der Waals surface area contributed by atoms with Crippen molar-refractivity contribution in [2.24, 2.45) is 0 Å². The Morgan fingerprint density at radius 2 is 1.12 bits per heavy atom. The lowest BCUT2D eigenvalue weighted by Crippen LogP contribution is -2.31. The topological polar surface area (TPSA) is 98.8 Å². The number of hydrogen-bond donors (Lipinski definition) is 2. The van der Waals surface area contributed by atoms with Crippen molar-refractivity contribution in [1.29, 1.82) is 0 Å². The second-order valence-electron chi connectivity index (χ2n) is 5.83. The Balaban J connectivity index is -0.0000000672. The van der Waals surface area contributed by atoms with Crippen molar-refractivity contribution in [3.63, 3.8) is 0 Å². The van der Waals surface area contributed by atoms with E-state index in [0.29, 0.717) is 5.70 Å². The van der Waals surface area contributed by atoms with Crippen LogP contribution in [0.1, 0.15) is 61.8 Å². The van der Waals surface area contributed by atoms with Crippen LogP contribution in [0.4, 0.5) is 9.59 Å². The maximum Gasteiger partial charge on any atom is 0.236 e. The normalized spacial score (nSPS) is 9.44. The minimum atomic E-state index is 0.00926. The second-order valence-corrected chi connectivity index (χ2v) is 6.82. The van der Waals surface area contributed by atoms with Crippen LogP contribution in [0.2, 0.25) is 0 Å². The summed E-state index contributed by atoms with van der Waals surface area (Å²) in [6, 6.07) is 0.0648. The first-order valence-corrected chi connectivity index (χ1v) is 11.8. The van der Waals surface area contributed by atoms with Crippen LogP contribution >= 0.6 is 18.5 Å². The highest BCUT2D eigenvalue weighted by atomic mass is 31.0. The largest absolute Gasteiger partial charge is 0.386 e. The number of carbonyl (C=O) groups excluding carboxylic acids is 4. The maximum absolute atomic E-state index is 10.5. The first kappa shape index (κ1) is 44.3. The van der Waals surface area contributed by atoms with E-state index in [2.05, 4.69) is 29.1 Å². The highest BCUT2D eigenvalue weighted by molar-refractivity contribution is 7.39. The average Bonchev–Trinajstić information content (AvgIpc) is 2.73. The second kappa shape index (κ2) is 34.3. The van der Waals surface area contributed by atoms with Crippen LogP contribution in [0.25, 0.3) is 0 Å². The fraction of sp³-hybridized carbons (Fsp3) is 0.727. The third kappa shape index (κ3) is 42.7. The molecule has 32 heavy (non-hydrogen) atoms. The first-order valence-electron chi connectivity index (χ1n) is 10.7. The Labute approximate surface area is 203 Å². The van der Waals surface area contributed by atoms with Gasteiger partial charge in [0.25, 0.3) is 0 Å². The average molecular weight is 499 g/mol. The molecule has 3 atom stereocenters. The van der Waals surface area contributed by atoms with Crippen molar-refractivity contribution in [1.82, 2.24) is 20.4 Å². The molecule has 0 saturated carbocycles. The van der Waals surface area contributed by atoms with Gasteiger partial charge in [0.2, 0.25) is 11.3 Å². The summed E-state index contributed by atoms with van der Waals surface area (Å²) >= 11 is 0. The van der Waals surface area contributed by atoms with Crippen LogP contribution in [-0.4, -0.2) is 81.0 Å². The van der Waals surface area contributed by atoms with Gasteiger partial charge in [0.1, 0.15) is 5.78 Å². The molecule has 0 heterocycles. The van der Waals surface area contributed by atoms with Gasteiger partial charge in [-0.1, -0.05) is 40.7 Å².